The van der Waals surface area contributed by atoms with Gasteiger partial charge < -0.3 is 26.2 Å². The fourth-order valence-electron chi connectivity index (χ4n) is 5.39. The smallest absolute Gasteiger partial charge is 0.424 e. The van der Waals surface area contributed by atoms with E-state index in [0.29, 0.717) is 16.6 Å². The summed E-state index contributed by atoms with van der Waals surface area (Å²) in [5.41, 5.74) is 0.371. The summed E-state index contributed by atoms with van der Waals surface area (Å²) < 4.78 is 63.8. The van der Waals surface area contributed by atoms with Crippen LogP contribution in [-0.2, 0) is 20.6 Å². The van der Waals surface area contributed by atoms with Crippen molar-refractivity contribution in [2.24, 2.45) is 11.7 Å². The van der Waals surface area contributed by atoms with E-state index >= 15 is 0 Å². The quantitative estimate of drug-likeness (QED) is 0.206. The minimum Gasteiger partial charge on any atom is -0.489 e. The summed E-state index contributed by atoms with van der Waals surface area (Å²) in [7, 11) is 0. The topological polar surface area (TPSA) is 157 Å². The molecule has 2 atom stereocenters. The molecule has 4 aromatic rings. The number of carbonyl (C=O) groups excluding carboxylic acids is 3. The number of nitrogens with one attached hydrogen (secondary N) is 2. The highest BCUT2D eigenvalue weighted by Crippen LogP contribution is 2.47. The van der Waals surface area contributed by atoms with Crippen molar-refractivity contribution < 1.29 is 41.8 Å². The molecule has 5 N–H and O–H groups in total. The molecule has 1 aliphatic carbocycles. The van der Waals surface area contributed by atoms with Gasteiger partial charge in [0.05, 0.1) is 23.4 Å². The molecule has 0 radical (unpaired) electrons. The Morgan fingerprint density at radius 2 is 1.77 bits per heavy atom. The molecule has 1 fully saturated rings. The Labute approximate surface area is 265 Å². The zero-order valence-corrected chi connectivity index (χ0v) is 25.2. The van der Waals surface area contributed by atoms with Gasteiger partial charge in [-0.1, -0.05) is 6.07 Å². The van der Waals surface area contributed by atoms with Crippen LogP contribution < -0.4 is 21.1 Å². The lowest BCUT2D eigenvalue weighted by Gasteiger charge is -2.31. The van der Waals surface area contributed by atoms with E-state index in [0.717, 1.165) is 31.0 Å². The first-order valence-electron chi connectivity index (χ1n) is 14.6. The number of amides is 3. The number of aromatic nitrogens is 2. The summed E-state index contributed by atoms with van der Waals surface area (Å²) in [5, 5.41) is 16.7. The first-order valence-corrected chi connectivity index (χ1v) is 14.6. The number of pyridine rings is 2. The largest absolute Gasteiger partial charge is 0.489 e. The minimum atomic E-state index is -5.39. The van der Waals surface area contributed by atoms with Crippen molar-refractivity contribution in [2.75, 3.05) is 18.5 Å². The normalized spacial score (nSPS) is 18.6. The third-order valence-corrected chi connectivity index (χ3v) is 8.53. The summed E-state index contributed by atoms with van der Waals surface area (Å²) in [6.45, 7) is 1.43. The SMILES string of the molecule is Cc1ccc2cc(C(=O)NC[C@](O)(c3cc4c(c(-c5ccc(F)cc5)n3)OC[C@]4(C)C(N)=O)C(F)(F)F)cc(NC(=O)C3CC3)c2n1. The summed E-state index contributed by atoms with van der Waals surface area (Å²) in [6, 6.07) is 11.6. The van der Waals surface area contributed by atoms with Crippen LogP contribution in [0.3, 0.4) is 0 Å². The highest BCUT2D eigenvalue weighted by molar-refractivity contribution is 6.06. The first-order chi connectivity index (χ1) is 22.1. The molecular weight excluding hydrogens is 622 g/mol. The number of anilines is 1. The number of carbonyl (C=O) groups is 3. The van der Waals surface area contributed by atoms with Gasteiger partial charge in [-0.3, -0.25) is 19.4 Å². The standard InChI is InChI=1S/C33H29F4N5O5/c1-16-3-4-19-11-20(12-23(25(19)40-16)41-29(44)18-5-6-18)28(43)39-14-32(46,33(35,36)37)24-13-22-27(47-15-31(22,2)30(38)45)26(42-24)17-7-9-21(34)10-8-17/h3-4,7-13,18,46H,5-6,14-15H2,1-2H3,(H2,38,45)(H,39,43)(H,41,44)/t31-,32-/m0/s1. The van der Waals surface area contributed by atoms with E-state index in [2.05, 4.69) is 20.6 Å². The van der Waals surface area contributed by atoms with Crippen LogP contribution in [0.5, 0.6) is 5.75 Å². The zero-order chi connectivity index (χ0) is 33.9. The van der Waals surface area contributed by atoms with Gasteiger partial charge >= 0.3 is 6.18 Å². The predicted molar refractivity (Wildman–Crippen MR) is 162 cm³/mol. The highest BCUT2D eigenvalue weighted by Gasteiger charge is 2.57. The zero-order valence-electron chi connectivity index (χ0n) is 25.2. The Kier molecular flexibility index (Phi) is 7.66. The molecule has 244 valence electrons. The number of nitrogens with two attached hydrogens (primary N) is 1. The second-order valence-corrected chi connectivity index (χ2v) is 12.1. The van der Waals surface area contributed by atoms with Crippen LogP contribution >= 0.6 is 0 Å². The molecule has 0 spiro atoms. The molecular formula is C33H29F4N5O5. The third-order valence-electron chi connectivity index (χ3n) is 8.53. The predicted octanol–water partition coefficient (Wildman–Crippen LogP) is 4.41. The number of alkyl halides is 3. The van der Waals surface area contributed by atoms with Gasteiger partial charge in [0.1, 0.15) is 29.3 Å². The number of hydrogen-bond acceptors (Lipinski definition) is 7. The maximum atomic E-state index is 14.8. The van der Waals surface area contributed by atoms with Crippen LogP contribution in [0.1, 0.15) is 47.1 Å². The van der Waals surface area contributed by atoms with Crippen molar-refractivity contribution >= 4 is 34.3 Å². The van der Waals surface area contributed by atoms with Gasteiger partial charge in [0.25, 0.3) is 5.91 Å². The van der Waals surface area contributed by atoms with Gasteiger partial charge in [-0.15, -0.1) is 0 Å². The van der Waals surface area contributed by atoms with E-state index in [1.54, 1.807) is 19.1 Å². The maximum absolute atomic E-state index is 14.8. The fourth-order valence-corrected chi connectivity index (χ4v) is 5.39. The lowest BCUT2D eigenvalue weighted by molar-refractivity contribution is -0.265. The van der Waals surface area contributed by atoms with Crippen molar-refractivity contribution in [3.8, 4) is 17.0 Å². The lowest BCUT2D eigenvalue weighted by Crippen LogP contribution is -2.51. The molecule has 47 heavy (non-hydrogen) atoms. The molecule has 2 aromatic heterocycles. The van der Waals surface area contributed by atoms with Gasteiger partial charge in [-0.25, -0.2) is 9.37 Å². The molecule has 14 heteroatoms. The number of aliphatic hydroxyl groups is 1. The first kappa shape index (κ1) is 31.9. The van der Waals surface area contributed by atoms with Crippen molar-refractivity contribution in [3.05, 3.63) is 82.9 Å². The molecule has 2 aliphatic rings. The second kappa shape index (κ2) is 11.3. The molecule has 3 heterocycles. The van der Waals surface area contributed by atoms with Crippen LogP contribution in [0.15, 0.2) is 54.6 Å². The summed E-state index contributed by atoms with van der Waals surface area (Å²) in [5.74, 6) is -2.97. The second-order valence-electron chi connectivity index (χ2n) is 12.1. The summed E-state index contributed by atoms with van der Waals surface area (Å²) in [6.07, 6.45) is -3.95. The Bertz CT molecular complexity index is 1950. The number of hydrogen-bond donors (Lipinski definition) is 4. The average Bonchev–Trinajstić information content (AvgIpc) is 3.82. The molecule has 0 bridgehead atoms. The van der Waals surface area contributed by atoms with Crippen molar-refractivity contribution in [1.29, 1.82) is 0 Å². The molecule has 0 unspecified atom stereocenters. The number of benzene rings is 2. The number of fused-ring (bicyclic) bond motifs is 2. The Morgan fingerprint density at radius 3 is 2.40 bits per heavy atom. The summed E-state index contributed by atoms with van der Waals surface area (Å²) >= 11 is 0. The van der Waals surface area contributed by atoms with Gasteiger partial charge in [0.15, 0.2) is 0 Å². The number of ether oxygens (including phenoxy) is 1. The van der Waals surface area contributed by atoms with E-state index in [1.165, 1.54) is 31.2 Å². The molecule has 10 nitrogen and oxygen atoms in total. The van der Waals surface area contributed by atoms with Crippen molar-refractivity contribution in [2.45, 2.75) is 43.9 Å². The van der Waals surface area contributed by atoms with E-state index in [-0.39, 0.29) is 52.3 Å². The van der Waals surface area contributed by atoms with E-state index in [9.17, 15) is 37.1 Å². The van der Waals surface area contributed by atoms with Crippen LogP contribution in [0.4, 0.5) is 23.2 Å². The van der Waals surface area contributed by atoms with Crippen LogP contribution in [-0.4, -0.2) is 52.1 Å². The van der Waals surface area contributed by atoms with E-state index < -0.39 is 47.1 Å². The fraction of sp³-hybridized carbons (Fsp3) is 0.303. The molecule has 3 amide bonds. The summed E-state index contributed by atoms with van der Waals surface area (Å²) in [4.78, 5) is 47.0. The number of rotatable bonds is 8. The average molecular weight is 652 g/mol. The van der Waals surface area contributed by atoms with Crippen LogP contribution in [0, 0.1) is 18.7 Å². The Hall–Kier alpha value is -5.11. The van der Waals surface area contributed by atoms with Crippen molar-refractivity contribution in [3.63, 3.8) is 0 Å². The van der Waals surface area contributed by atoms with Crippen LogP contribution in [0.2, 0.25) is 0 Å². The third kappa shape index (κ3) is 5.73. The van der Waals surface area contributed by atoms with Gasteiger partial charge in [0, 0.05) is 33.7 Å². The maximum Gasteiger partial charge on any atom is 0.424 e. The molecule has 1 aliphatic heterocycles. The van der Waals surface area contributed by atoms with E-state index in [1.807, 2.05) is 0 Å². The van der Waals surface area contributed by atoms with Crippen LogP contribution in [0.25, 0.3) is 22.2 Å². The van der Waals surface area contributed by atoms with Crippen molar-refractivity contribution in [1.82, 2.24) is 15.3 Å². The highest BCUT2D eigenvalue weighted by atomic mass is 19.4. The molecule has 0 saturated heterocycles. The van der Waals surface area contributed by atoms with E-state index in [4.69, 9.17) is 10.5 Å². The number of primary amides is 1. The molecule has 1 saturated carbocycles. The molecule has 6 rings (SSSR count). The van der Waals surface area contributed by atoms with Gasteiger partial charge in [0.2, 0.25) is 17.4 Å². The minimum absolute atomic E-state index is 0.0454. The Balaban J connectivity index is 1.39. The van der Waals surface area contributed by atoms with Gasteiger partial charge in [-0.2, -0.15) is 13.2 Å². The number of nitrogens with zero attached hydrogens (tertiary/aromatic N) is 2. The Morgan fingerprint density at radius 1 is 1.06 bits per heavy atom. The number of halogens is 4. The molecule has 2 aromatic carbocycles. The monoisotopic (exact) mass is 651 g/mol. The number of aryl methyl sites for hydroxylation is 1. The van der Waals surface area contributed by atoms with Gasteiger partial charge in [-0.05, 0) is 75.2 Å². The lowest BCUT2D eigenvalue weighted by atomic mass is 9.81.